The lowest BCUT2D eigenvalue weighted by atomic mass is 10.1. The van der Waals surface area contributed by atoms with Crippen molar-refractivity contribution in [3.05, 3.63) is 118 Å². The first kappa shape index (κ1) is 26.9. The Kier molecular flexibility index (Phi) is 7.83. The lowest BCUT2D eigenvalue weighted by Gasteiger charge is -2.22. The molecule has 1 N–H and O–H groups in total. The molecule has 0 bridgehead atoms. The summed E-state index contributed by atoms with van der Waals surface area (Å²) in [6.45, 7) is 8.45. The van der Waals surface area contributed by atoms with E-state index in [4.69, 9.17) is 0 Å². The quantitative estimate of drug-likeness (QED) is 0.244. The van der Waals surface area contributed by atoms with Crippen molar-refractivity contribution in [3.63, 3.8) is 0 Å². The van der Waals surface area contributed by atoms with Gasteiger partial charge in [0.25, 0.3) is 5.91 Å². The van der Waals surface area contributed by atoms with Crippen LogP contribution in [-0.2, 0) is 16.6 Å². The first-order valence-corrected chi connectivity index (χ1v) is 14.1. The van der Waals surface area contributed by atoms with E-state index in [2.05, 4.69) is 47.1 Å². The molecule has 1 heterocycles. The van der Waals surface area contributed by atoms with Gasteiger partial charge >= 0.3 is 0 Å². The number of nitrogens with zero attached hydrogens (tertiary/aromatic N) is 3. The molecule has 0 radical (unpaired) electrons. The smallest absolute Gasteiger partial charge is 0.271 e. The van der Waals surface area contributed by atoms with Crippen molar-refractivity contribution in [1.82, 2.24) is 9.99 Å². The van der Waals surface area contributed by atoms with Crippen LogP contribution in [0.5, 0.6) is 0 Å². The topological polar surface area (TPSA) is 83.8 Å². The SMILES string of the molecule is Cc1ccc(-n2c(C)cc(/C=N/NC(=O)c3ccc(N(Cc4ccccc4)S(C)(=O)=O)cc3)c2C)cc1C. The lowest BCUT2D eigenvalue weighted by molar-refractivity contribution is 0.0955. The molecule has 3 aromatic carbocycles. The summed E-state index contributed by atoms with van der Waals surface area (Å²) < 4.78 is 28.3. The van der Waals surface area contributed by atoms with Crippen molar-refractivity contribution in [3.8, 4) is 5.69 Å². The van der Waals surface area contributed by atoms with Crippen LogP contribution in [0.3, 0.4) is 0 Å². The molecule has 0 atom stereocenters. The van der Waals surface area contributed by atoms with E-state index in [9.17, 15) is 13.2 Å². The van der Waals surface area contributed by atoms with E-state index in [1.54, 1.807) is 30.5 Å². The number of hydrazone groups is 1. The highest BCUT2D eigenvalue weighted by molar-refractivity contribution is 7.92. The van der Waals surface area contributed by atoms with Gasteiger partial charge in [-0.1, -0.05) is 36.4 Å². The van der Waals surface area contributed by atoms with Gasteiger partial charge < -0.3 is 4.57 Å². The van der Waals surface area contributed by atoms with Gasteiger partial charge in [0, 0.05) is 28.2 Å². The molecule has 4 rings (SSSR count). The molecule has 1 aromatic heterocycles. The normalized spacial score (nSPS) is 11.6. The second kappa shape index (κ2) is 11.1. The van der Waals surface area contributed by atoms with E-state index in [1.165, 1.54) is 21.7 Å². The fourth-order valence-electron chi connectivity index (χ4n) is 4.33. The van der Waals surface area contributed by atoms with E-state index in [0.717, 1.165) is 28.2 Å². The summed E-state index contributed by atoms with van der Waals surface area (Å²) in [7, 11) is -3.52. The number of amides is 1. The average molecular weight is 529 g/mol. The number of aromatic nitrogens is 1. The summed E-state index contributed by atoms with van der Waals surface area (Å²) in [6.07, 6.45) is 2.81. The Morgan fingerprint density at radius 1 is 0.921 bits per heavy atom. The van der Waals surface area contributed by atoms with Crippen LogP contribution in [-0.4, -0.2) is 31.4 Å². The minimum Gasteiger partial charge on any atom is -0.318 e. The van der Waals surface area contributed by atoms with E-state index in [-0.39, 0.29) is 12.5 Å². The molecular formula is C30H32N4O3S. The van der Waals surface area contributed by atoms with Crippen molar-refractivity contribution >= 4 is 27.8 Å². The molecule has 4 aromatic rings. The summed E-state index contributed by atoms with van der Waals surface area (Å²) >= 11 is 0. The van der Waals surface area contributed by atoms with Crippen LogP contribution in [0.1, 0.15) is 44.0 Å². The Hall–Kier alpha value is -4.17. The highest BCUT2D eigenvalue weighted by atomic mass is 32.2. The number of hydrogen-bond acceptors (Lipinski definition) is 4. The molecule has 196 valence electrons. The van der Waals surface area contributed by atoms with E-state index in [0.29, 0.717) is 11.3 Å². The molecule has 0 fully saturated rings. The van der Waals surface area contributed by atoms with Crippen LogP contribution < -0.4 is 9.73 Å². The molecule has 1 amide bonds. The number of nitrogens with one attached hydrogen (secondary N) is 1. The Morgan fingerprint density at radius 2 is 1.61 bits per heavy atom. The monoisotopic (exact) mass is 528 g/mol. The average Bonchev–Trinajstić information content (AvgIpc) is 3.17. The number of carbonyl (C=O) groups is 1. The third-order valence-electron chi connectivity index (χ3n) is 6.58. The maximum absolute atomic E-state index is 12.7. The van der Waals surface area contributed by atoms with Crippen LogP contribution in [0.2, 0.25) is 0 Å². The maximum Gasteiger partial charge on any atom is 0.271 e. The second-order valence-corrected chi connectivity index (χ2v) is 11.3. The van der Waals surface area contributed by atoms with Crippen LogP contribution in [0.4, 0.5) is 5.69 Å². The third kappa shape index (κ3) is 6.03. The van der Waals surface area contributed by atoms with Gasteiger partial charge in [-0.15, -0.1) is 0 Å². The van der Waals surface area contributed by atoms with Crippen LogP contribution >= 0.6 is 0 Å². The predicted octanol–water partition coefficient (Wildman–Crippen LogP) is 5.44. The Balaban J connectivity index is 1.47. The van der Waals surface area contributed by atoms with Gasteiger partial charge in [-0.25, -0.2) is 13.8 Å². The highest BCUT2D eigenvalue weighted by Crippen LogP contribution is 2.23. The third-order valence-corrected chi connectivity index (χ3v) is 7.72. The minimum atomic E-state index is -3.52. The van der Waals surface area contributed by atoms with E-state index < -0.39 is 10.0 Å². The molecular weight excluding hydrogens is 496 g/mol. The van der Waals surface area contributed by atoms with Crippen molar-refractivity contribution < 1.29 is 13.2 Å². The van der Waals surface area contributed by atoms with Crippen molar-refractivity contribution in [2.75, 3.05) is 10.6 Å². The molecule has 38 heavy (non-hydrogen) atoms. The first-order chi connectivity index (χ1) is 18.0. The number of benzene rings is 3. The Labute approximate surface area is 224 Å². The molecule has 8 heteroatoms. The molecule has 0 spiro atoms. The van der Waals surface area contributed by atoms with Crippen LogP contribution in [0.25, 0.3) is 5.69 Å². The molecule has 0 saturated carbocycles. The Bertz CT molecular complexity index is 1590. The molecule has 0 aliphatic heterocycles. The number of anilines is 1. The molecule has 0 unspecified atom stereocenters. The van der Waals surface area contributed by atoms with E-state index >= 15 is 0 Å². The van der Waals surface area contributed by atoms with Crippen LogP contribution in [0.15, 0.2) is 84.0 Å². The van der Waals surface area contributed by atoms with Gasteiger partial charge in [0.1, 0.15) is 0 Å². The van der Waals surface area contributed by atoms with E-state index in [1.807, 2.05) is 50.2 Å². The van der Waals surface area contributed by atoms with Crippen molar-refractivity contribution in [2.45, 2.75) is 34.2 Å². The molecule has 0 aliphatic carbocycles. The highest BCUT2D eigenvalue weighted by Gasteiger charge is 2.18. The lowest BCUT2D eigenvalue weighted by Crippen LogP contribution is -2.29. The van der Waals surface area contributed by atoms with Gasteiger partial charge in [-0.2, -0.15) is 5.10 Å². The molecule has 0 aliphatic rings. The number of hydrogen-bond donors (Lipinski definition) is 1. The standard InChI is InChI=1S/C30H32N4O3S/c1-21-11-14-29(17-22(21)2)34-23(3)18-27(24(34)4)19-31-32-30(35)26-12-15-28(16-13-26)33(38(5,36)37)20-25-9-7-6-8-10-25/h6-19H,20H2,1-5H3,(H,32,35)/b31-19+. The first-order valence-electron chi connectivity index (χ1n) is 12.3. The summed E-state index contributed by atoms with van der Waals surface area (Å²) in [5.74, 6) is -0.385. The summed E-state index contributed by atoms with van der Waals surface area (Å²) in [4.78, 5) is 12.7. The summed E-state index contributed by atoms with van der Waals surface area (Å²) in [5.41, 5.74) is 10.8. The zero-order valence-corrected chi connectivity index (χ0v) is 23.1. The zero-order chi connectivity index (χ0) is 27.4. The maximum atomic E-state index is 12.7. The predicted molar refractivity (Wildman–Crippen MR) is 154 cm³/mol. The zero-order valence-electron chi connectivity index (χ0n) is 22.3. The molecule has 0 saturated heterocycles. The fraction of sp³-hybridized carbons (Fsp3) is 0.200. The van der Waals surface area contributed by atoms with Gasteiger partial charge in [0.05, 0.1) is 24.7 Å². The largest absolute Gasteiger partial charge is 0.318 e. The van der Waals surface area contributed by atoms with Gasteiger partial charge in [0.2, 0.25) is 10.0 Å². The van der Waals surface area contributed by atoms with Crippen molar-refractivity contribution in [1.29, 1.82) is 0 Å². The van der Waals surface area contributed by atoms with Gasteiger partial charge in [-0.05, 0) is 86.8 Å². The molecule has 7 nitrogen and oxygen atoms in total. The number of aryl methyl sites for hydroxylation is 3. The van der Waals surface area contributed by atoms with Crippen molar-refractivity contribution in [2.24, 2.45) is 5.10 Å². The number of rotatable bonds is 8. The summed E-state index contributed by atoms with van der Waals surface area (Å²) in [6, 6.07) is 24.2. The fourth-order valence-corrected chi connectivity index (χ4v) is 5.22. The van der Waals surface area contributed by atoms with Gasteiger partial charge in [0.15, 0.2) is 0 Å². The second-order valence-electron chi connectivity index (χ2n) is 9.43. The number of sulfonamides is 1. The van der Waals surface area contributed by atoms with Crippen LogP contribution in [0, 0.1) is 27.7 Å². The Morgan fingerprint density at radius 3 is 2.24 bits per heavy atom. The number of carbonyl (C=O) groups excluding carboxylic acids is 1. The summed E-state index contributed by atoms with van der Waals surface area (Å²) in [5, 5.41) is 4.17. The van der Waals surface area contributed by atoms with Gasteiger partial charge in [-0.3, -0.25) is 9.10 Å². The minimum absolute atomic E-state index is 0.204.